The minimum atomic E-state index is 0.0301. The van der Waals surface area contributed by atoms with Gasteiger partial charge in [-0.3, -0.25) is 4.79 Å². The topological polar surface area (TPSA) is 36.2 Å². The van der Waals surface area contributed by atoms with Crippen LogP contribution in [0.1, 0.15) is 19.4 Å². The number of benzene rings is 2. The van der Waals surface area contributed by atoms with Crippen molar-refractivity contribution in [2.45, 2.75) is 24.8 Å². The van der Waals surface area contributed by atoms with Gasteiger partial charge in [-0.25, -0.2) is 4.57 Å². The zero-order chi connectivity index (χ0) is 19.7. The molecule has 0 bridgehead atoms. The lowest BCUT2D eigenvalue weighted by atomic mass is 10.1. The second-order valence-corrected chi connectivity index (χ2v) is 8.32. The number of pyridine rings is 1. The van der Waals surface area contributed by atoms with Crippen LogP contribution in [0.5, 0.6) is 0 Å². The number of carbonyl (C=O) groups is 1. The molecule has 5 heteroatoms. The summed E-state index contributed by atoms with van der Waals surface area (Å²) in [4.78, 5) is 15.8. The van der Waals surface area contributed by atoms with Crippen molar-refractivity contribution < 1.29 is 9.36 Å². The van der Waals surface area contributed by atoms with Crippen LogP contribution in [0, 0.1) is 0 Å². The van der Waals surface area contributed by atoms with E-state index in [2.05, 4.69) is 76.6 Å². The number of nitrogens with zero attached hydrogens (tertiary/aromatic N) is 2. The van der Waals surface area contributed by atoms with Gasteiger partial charge in [-0.05, 0) is 43.7 Å². The standard InChI is InChI=1S/C23H23N3OS/c1-16(2)24-22(27)15-26-20-10-6-7-11-21(20)28-23(26)14-17-12-13-25(3)19-9-5-4-8-18(17)19/h4-14,16H,15H2,1-3H3/p+1. The fourth-order valence-electron chi connectivity index (χ4n) is 3.48. The number of aromatic nitrogens is 1. The fourth-order valence-corrected chi connectivity index (χ4v) is 4.59. The highest BCUT2D eigenvalue weighted by Crippen LogP contribution is 2.46. The smallest absolute Gasteiger partial charge is 0.240 e. The Balaban J connectivity index is 1.76. The molecule has 0 aliphatic carbocycles. The summed E-state index contributed by atoms with van der Waals surface area (Å²) in [7, 11) is 2.06. The molecular formula is C23H24N3OS+. The van der Waals surface area contributed by atoms with Gasteiger partial charge in [0.1, 0.15) is 13.6 Å². The van der Waals surface area contributed by atoms with Crippen molar-refractivity contribution in [3.8, 4) is 0 Å². The SMILES string of the molecule is CC(C)NC(=O)CN1/C(=C/c2cc[n+](C)c3ccccc23)Sc2ccccc21. The lowest BCUT2D eigenvalue weighted by Crippen LogP contribution is -2.38. The van der Waals surface area contributed by atoms with Crippen LogP contribution in [-0.2, 0) is 11.8 Å². The van der Waals surface area contributed by atoms with Gasteiger partial charge in [-0.1, -0.05) is 36.0 Å². The van der Waals surface area contributed by atoms with E-state index < -0.39 is 0 Å². The first kappa shape index (κ1) is 18.6. The summed E-state index contributed by atoms with van der Waals surface area (Å²) in [5, 5.41) is 5.27. The Morgan fingerprint density at radius 1 is 1.14 bits per heavy atom. The van der Waals surface area contributed by atoms with Gasteiger partial charge in [0.2, 0.25) is 11.4 Å². The minimum absolute atomic E-state index is 0.0301. The van der Waals surface area contributed by atoms with E-state index >= 15 is 0 Å². The van der Waals surface area contributed by atoms with Gasteiger partial charge in [0.15, 0.2) is 6.20 Å². The fraction of sp³-hybridized carbons (Fsp3) is 0.217. The molecule has 0 spiro atoms. The summed E-state index contributed by atoms with van der Waals surface area (Å²) in [5.41, 5.74) is 3.42. The van der Waals surface area contributed by atoms with E-state index in [1.165, 1.54) is 15.8 Å². The van der Waals surface area contributed by atoms with Crippen molar-refractivity contribution in [2.75, 3.05) is 11.4 Å². The number of rotatable bonds is 4. The van der Waals surface area contributed by atoms with E-state index in [4.69, 9.17) is 0 Å². The highest BCUT2D eigenvalue weighted by Gasteiger charge is 2.27. The highest BCUT2D eigenvalue weighted by molar-refractivity contribution is 8.03. The lowest BCUT2D eigenvalue weighted by molar-refractivity contribution is -0.644. The van der Waals surface area contributed by atoms with Crippen molar-refractivity contribution in [2.24, 2.45) is 7.05 Å². The predicted octanol–water partition coefficient (Wildman–Crippen LogP) is 4.10. The van der Waals surface area contributed by atoms with Crippen LogP contribution in [0.4, 0.5) is 5.69 Å². The molecule has 4 nitrogen and oxygen atoms in total. The molecule has 0 unspecified atom stereocenters. The average Bonchev–Trinajstić information content (AvgIpc) is 3.01. The number of fused-ring (bicyclic) bond motifs is 2. The first-order chi connectivity index (χ1) is 13.5. The molecule has 28 heavy (non-hydrogen) atoms. The number of para-hydroxylation sites is 2. The second-order valence-electron chi connectivity index (χ2n) is 7.26. The van der Waals surface area contributed by atoms with Gasteiger partial charge in [0.25, 0.3) is 0 Å². The Hall–Kier alpha value is -2.79. The third-order valence-corrected chi connectivity index (χ3v) is 5.85. The van der Waals surface area contributed by atoms with E-state index in [0.29, 0.717) is 6.54 Å². The molecule has 0 saturated heterocycles. The molecule has 2 heterocycles. The first-order valence-electron chi connectivity index (χ1n) is 9.46. The Bertz CT molecular complexity index is 1070. The number of hydrogen-bond donors (Lipinski definition) is 1. The molecule has 4 rings (SSSR count). The maximum atomic E-state index is 12.5. The molecule has 1 aliphatic heterocycles. The van der Waals surface area contributed by atoms with Crippen molar-refractivity contribution in [1.82, 2.24) is 5.32 Å². The van der Waals surface area contributed by atoms with E-state index in [0.717, 1.165) is 16.3 Å². The summed E-state index contributed by atoms with van der Waals surface area (Å²) in [5.74, 6) is 0.0301. The summed E-state index contributed by atoms with van der Waals surface area (Å²) in [6.07, 6.45) is 4.27. The van der Waals surface area contributed by atoms with Crippen LogP contribution in [-0.4, -0.2) is 18.5 Å². The van der Waals surface area contributed by atoms with E-state index in [9.17, 15) is 4.79 Å². The second kappa shape index (κ2) is 7.68. The summed E-state index contributed by atoms with van der Waals surface area (Å²) < 4.78 is 2.13. The normalized spacial score (nSPS) is 14.7. The molecule has 0 radical (unpaired) electrons. The van der Waals surface area contributed by atoms with Gasteiger partial charge in [-0.15, -0.1) is 0 Å². The Morgan fingerprint density at radius 3 is 2.71 bits per heavy atom. The Morgan fingerprint density at radius 2 is 1.89 bits per heavy atom. The third-order valence-electron chi connectivity index (χ3n) is 4.74. The monoisotopic (exact) mass is 390 g/mol. The molecule has 1 aliphatic rings. The van der Waals surface area contributed by atoms with Gasteiger partial charge in [-0.2, -0.15) is 0 Å². The number of nitrogens with one attached hydrogen (secondary N) is 1. The van der Waals surface area contributed by atoms with E-state index in [1.807, 2.05) is 26.0 Å². The van der Waals surface area contributed by atoms with Crippen LogP contribution in [0.15, 0.2) is 70.7 Å². The van der Waals surface area contributed by atoms with Crippen LogP contribution < -0.4 is 14.8 Å². The van der Waals surface area contributed by atoms with E-state index in [1.54, 1.807) is 11.8 Å². The van der Waals surface area contributed by atoms with Gasteiger partial charge < -0.3 is 10.2 Å². The lowest BCUT2D eigenvalue weighted by Gasteiger charge is -2.21. The zero-order valence-electron chi connectivity index (χ0n) is 16.3. The number of carbonyl (C=O) groups excluding carboxylic acids is 1. The van der Waals surface area contributed by atoms with Crippen LogP contribution >= 0.6 is 11.8 Å². The molecule has 3 aromatic rings. The number of hydrogen-bond acceptors (Lipinski definition) is 3. The maximum absolute atomic E-state index is 12.5. The number of anilines is 1. The van der Waals surface area contributed by atoms with Crippen LogP contribution in [0.25, 0.3) is 17.0 Å². The largest absolute Gasteiger partial charge is 0.352 e. The van der Waals surface area contributed by atoms with Crippen molar-refractivity contribution in [1.29, 1.82) is 0 Å². The molecule has 2 aromatic carbocycles. The molecule has 142 valence electrons. The maximum Gasteiger partial charge on any atom is 0.240 e. The van der Waals surface area contributed by atoms with Crippen molar-refractivity contribution in [3.05, 3.63) is 71.4 Å². The number of amides is 1. The molecule has 0 fully saturated rings. The molecule has 1 N–H and O–H groups in total. The highest BCUT2D eigenvalue weighted by atomic mass is 32.2. The molecule has 1 amide bonds. The van der Waals surface area contributed by atoms with Crippen molar-refractivity contribution in [3.63, 3.8) is 0 Å². The molecule has 0 atom stereocenters. The number of thioether (sulfide) groups is 1. The first-order valence-corrected chi connectivity index (χ1v) is 10.3. The third kappa shape index (κ3) is 3.62. The molecule has 0 saturated carbocycles. The van der Waals surface area contributed by atoms with Crippen molar-refractivity contribution >= 4 is 40.3 Å². The molecule has 1 aromatic heterocycles. The Labute approximate surface area is 169 Å². The van der Waals surface area contributed by atoms with E-state index in [-0.39, 0.29) is 11.9 Å². The summed E-state index contributed by atoms with van der Waals surface area (Å²) >= 11 is 1.71. The number of aryl methyl sites for hydroxylation is 1. The van der Waals surface area contributed by atoms with Crippen LogP contribution in [0.2, 0.25) is 0 Å². The quantitative estimate of drug-likeness (QED) is 0.682. The summed E-state index contributed by atoms with van der Waals surface area (Å²) in [6.45, 7) is 4.28. The van der Waals surface area contributed by atoms with Gasteiger partial charge >= 0.3 is 0 Å². The van der Waals surface area contributed by atoms with Gasteiger partial charge in [0.05, 0.1) is 16.1 Å². The van der Waals surface area contributed by atoms with Crippen LogP contribution in [0.3, 0.4) is 0 Å². The Kier molecular flexibility index (Phi) is 5.09. The summed E-state index contributed by atoms with van der Waals surface area (Å²) in [6, 6.07) is 18.9. The average molecular weight is 391 g/mol. The minimum Gasteiger partial charge on any atom is -0.352 e. The van der Waals surface area contributed by atoms with Gasteiger partial charge in [0, 0.05) is 23.1 Å². The molecular weight excluding hydrogens is 366 g/mol. The predicted molar refractivity (Wildman–Crippen MR) is 116 cm³/mol. The zero-order valence-corrected chi connectivity index (χ0v) is 17.2.